The van der Waals surface area contributed by atoms with Crippen molar-refractivity contribution in [3.8, 4) is 5.75 Å². The van der Waals surface area contributed by atoms with Crippen LogP contribution < -0.4 is 21.7 Å². The Balaban J connectivity index is 2.99. The van der Waals surface area contributed by atoms with Gasteiger partial charge in [-0.05, 0) is 41.9 Å². The van der Waals surface area contributed by atoms with Crippen molar-refractivity contribution in [3.05, 3.63) is 29.8 Å². The predicted octanol–water partition coefficient (Wildman–Crippen LogP) is 1.55. The number of aliphatic carboxylic acids is 1. The number of carbonyl (C=O) groups is 4. The molecular formula is C26H42N4O6. The molecule has 0 radical (unpaired) electrons. The van der Waals surface area contributed by atoms with Crippen molar-refractivity contribution in [2.24, 2.45) is 23.5 Å². The van der Waals surface area contributed by atoms with Crippen molar-refractivity contribution >= 4 is 23.7 Å². The number of hydrogen-bond acceptors (Lipinski definition) is 6. The maximum absolute atomic E-state index is 13.2. The second-order valence-corrected chi connectivity index (χ2v) is 10.1. The number of rotatable bonds is 14. The number of benzene rings is 1. The highest BCUT2D eigenvalue weighted by Gasteiger charge is 2.32. The fourth-order valence-electron chi connectivity index (χ4n) is 3.60. The Hall–Kier alpha value is -3.14. The summed E-state index contributed by atoms with van der Waals surface area (Å²) in [5, 5.41) is 27.0. The number of phenolic OH excluding ortho intramolecular Hbond substituents is 1. The second kappa shape index (κ2) is 14.4. The Labute approximate surface area is 213 Å². The van der Waals surface area contributed by atoms with Gasteiger partial charge in [0.15, 0.2) is 0 Å². The monoisotopic (exact) mass is 506 g/mol. The number of aromatic hydroxyl groups is 1. The van der Waals surface area contributed by atoms with Gasteiger partial charge < -0.3 is 31.9 Å². The molecule has 0 heterocycles. The average molecular weight is 507 g/mol. The molecule has 0 aliphatic carbocycles. The Kier molecular flexibility index (Phi) is 12.4. The minimum Gasteiger partial charge on any atom is -0.508 e. The summed E-state index contributed by atoms with van der Waals surface area (Å²) < 4.78 is 0. The van der Waals surface area contributed by atoms with E-state index in [2.05, 4.69) is 16.0 Å². The normalized spacial score (nSPS) is 15.5. The average Bonchev–Trinajstić information content (AvgIpc) is 2.80. The zero-order valence-corrected chi connectivity index (χ0v) is 22.1. The van der Waals surface area contributed by atoms with Gasteiger partial charge in [0.05, 0.1) is 6.04 Å². The maximum atomic E-state index is 13.2. The standard InChI is InChI=1S/C26H42N4O6/c1-7-16(6)21(27)24(33)28-19(12-14(2)3)23(32)30-22(15(4)5)25(34)29-20(26(35)36)13-17-8-10-18(31)11-9-17/h8-11,14-16,19-22,31H,7,12-13,27H2,1-6H3,(H,28,33)(H,29,34)(H,30,32)(H,35,36). The summed E-state index contributed by atoms with van der Waals surface area (Å²) >= 11 is 0. The molecule has 1 rings (SSSR count). The third kappa shape index (κ3) is 9.85. The molecule has 36 heavy (non-hydrogen) atoms. The molecule has 0 aromatic heterocycles. The van der Waals surface area contributed by atoms with Crippen molar-refractivity contribution in [3.63, 3.8) is 0 Å². The molecule has 3 amide bonds. The first-order valence-electron chi connectivity index (χ1n) is 12.4. The van der Waals surface area contributed by atoms with E-state index in [0.717, 1.165) is 0 Å². The number of phenols is 1. The van der Waals surface area contributed by atoms with Gasteiger partial charge in [-0.2, -0.15) is 0 Å². The van der Waals surface area contributed by atoms with Gasteiger partial charge in [-0.3, -0.25) is 14.4 Å². The third-order valence-corrected chi connectivity index (χ3v) is 6.14. The van der Waals surface area contributed by atoms with Gasteiger partial charge in [0.25, 0.3) is 0 Å². The van der Waals surface area contributed by atoms with Gasteiger partial charge >= 0.3 is 5.97 Å². The van der Waals surface area contributed by atoms with E-state index >= 15 is 0 Å². The van der Waals surface area contributed by atoms with Crippen LogP contribution in [0.25, 0.3) is 0 Å². The predicted molar refractivity (Wildman–Crippen MR) is 137 cm³/mol. The molecule has 202 valence electrons. The number of nitrogens with two attached hydrogens (primary N) is 1. The summed E-state index contributed by atoms with van der Waals surface area (Å²) in [5.74, 6) is -3.13. The number of nitrogens with one attached hydrogen (secondary N) is 3. The smallest absolute Gasteiger partial charge is 0.326 e. The molecule has 0 spiro atoms. The molecule has 0 saturated carbocycles. The van der Waals surface area contributed by atoms with Crippen LogP contribution in [0, 0.1) is 17.8 Å². The van der Waals surface area contributed by atoms with Crippen LogP contribution in [-0.2, 0) is 25.6 Å². The van der Waals surface area contributed by atoms with Crippen molar-refractivity contribution < 1.29 is 29.4 Å². The van der Waals surface area contributed by atoms with Crippen LogP contribution >= 0.6 is 0 Å². The van der Waals surface area contributed by atoms with E-state index < -0.39 is 47.9 Å². The first kappa shape index (κ1) is 30.9. The summed E-state index contributed by atoms with van der Waals surface area (Å²) in [6.07, 6.45) is 1.05. The fraction of sp³-hybridized carbons (Fsp3) is 0.615. The van der Waals surface area contributed by atoms with Crippen molar-refractivity contribution in [2.45, 2.75) is 85.0 Å². The topological polar surface area (TPSA) is 171 Å². The lowest BCUT2D eigenvalue weighted by atomic mass is 9.97. The van der Waals surface area contributed by atoms with Crippen LogP contribution in [0.5, 0.6) is 5.75 Å². The number of carboxylic acid groups (broad SMARTS) is 1. The van der Waals surface area contributed by atoms with E-state index in [1.807, 2.05) is 27.7 Å². The minimum atomic E-state index is -1.24. The fourth-order valence-corrected chi connectivity index (χ4v) is 3.60. The molecule has 10 nitrogen and oxygen atoms in total. The van der Waals surface area contributed by atoms with Crippen LogP contribution in [0.4, 0.5) is 0 Å². The highest BCUT2D eigenvalue weighted by Crippen LogP contribution is 2.13. The van der Waals surface area contributed by atoms with Crippen molar-refractivity contribution in [1.82, 2.24) is 16.0 Å². The number of amides is 3. The van der Waals surface area contributed by atoms with Gasteiger partial charge in [0.1, 0.15) is 23.9 Å². The molecule has 0 fully saturated rings. The highest BCUT2D eigenvalue weighted by molar-refractivity contribution is 5.94. The molecule has 0 aliphatic rings. The zero-order chi connectivity index (χ0) is 27.6. The summed E-state index contributed by atoms with van der Waals surface area (Å²) in [6.45, 7) is 11.1. The summed E-state index contributed by atoms with van der Waals surface area (Å²) in [6, 6.07) is 2.10. The van der Waals surface area contributed by atoms with E-state index in [4.69, 9.17) is 5.73 Å². The maximum Gasteiger partial charge on any atom is 0.326 e. The van der Waals surface area contributed by atoms with Crippen LogP contribution in [0.2, 0.25) is 0 Å². The van der Waals surface area contributed by atoms with Crippen LogP contribution in [0.1, 0.15) is 59.9 Å². The quantitative estimate of drug-likeness (QED) is 0.222. The molecule has 1 aromatic rings. The highest BCUT2D eigenvalue weighted by atomic mass is 16.4. The van der Waals surface area contributed by atoms with Gasteiger partial charge in [-0.15, -0.1) is 0 Å². The number of carboxylic acids is 1. The minimum absolute atomic E-state index is 0.000349. The molecule has 0 bridgehead atoms. The zero-order valence-electron chi connectivity index (χ0n) is 22.1. The third-order valence-electron chi connectivity index (χ3n) is 6.14. The van der Waals surface area contributed by atoms with E-state index in [1.165, 1.54) is 12.1 Å². The first-order chi connectivity index (χ1) is 16.8. The molecule has 10 heteroatoms. The molecule has 0 saturated heterocycles. The Morgan fingerprint density at radius 1 is 0.861 bits per heavy atom. The summed E-state index contributed by atoms with van der Waals surface area (Å²) in [7, 11) is 0. The Bertz CT molecular complexity index is 887. The van der Waals surface area contributed by atoms with E-state index in [-0.39, 0.29) is 29.9 Å². The summed E-state index contributed by atoms with van der Waals surface area (Å²) in [5.41, 5.74) is 6.64. The lowest BCUT2D eigenvalue weighted by molar-refractivity contribution is -0.142. The van der Waals surface area contributed by atoms with Gasteiger partial charge in [-0.1, -0.05) is 60.1 Å². The molecule has 0 aliphatic heterocycles. The van der Waals surface area contributed by atoms with Crippen molar-refractivity contribution in [2.75, 3.05) is 0 Å². The SMILES string of the molecule is CCC(C)C(N)C(=O)NC(CC(C)C)C(=O)NC(C(=O)NC(Cc1ccc(O)cc1)C(=O)O)C(C)C. The van der Waals surface area contributed by atoms with E-state index in [0.29, 0.717) is 18.4 Å². The first-order valence-corrected chi connectivity index (χ1v) is 12.4. The summed E-state index contributed by atoms with van der Waals surface area (Å²) in [4.78, 5) is 50.6. The molecular weight excluding hydrogens is 464 g/mol. The lowest BCUT2D eigenvalue weighted by Gasteiger charge is -2.28. The molecule has 1 aromatic carbocycles. The number of hydrogen-bond donors (Lipinski definition) is 6. The molecule has 5 atom stereocenters. The van der Waals surface area contributed by atoms with E-state index in [1.54, 1.807) is 26.0 Å². The Morgan fingerprint density at radius 2 is 1.42 bits per heavy atom. The van der Waals surface area contributed by atoms with E-state index in [9.17, 15) is 29.4 Å². The largest absolute Gasteiger partial charge is 0.508 e. The van der Waals surface area contributed by atoms with Gasteiger partial charge in [0.2, 0.25) is 17.7 Å². The second-order valence-electron chi connectivity index (χ2n) is 10.1. The molecule has 5 unspecified atom stereocenters. The van der Waals surface area contributed by atoms with Crippen LogP contribution in [0.15, 0.2) is 24.3 Å². The molecule has 7 N–H and O–H groups in total. The van der Waals surface area contributed by atoms with Crippen molar-refractivity contribution in [1.29, 1.82) is 0 Å². The lowest BCUT2D eigenvalue weighted by Crippen LogP contribution is -2.59. The van der Waals surface area contributed by atoms with Crippen LogP contribution in [0.3, 0.4) is 0 Å². The van der Waals surface area contributed by atoms with Gasteiger partial charge in [0, 0.05) is 6.42 Å². The van der Waals surface area contributed by atoms with Gasteiger partial charge in [-0.25, -0.2) is 4.79 Å². The number of carbonyl (C=O) groups excluding carboxylic acids is 3. The Morgan fingerprint density at radius 3 is 1.89 bits per heavy atom. The van der Waals surface area contributed by atoms with Crippen LogP contribution in [-0.4, -0.2) is 58.1 Å².